The van der Waals surface area contributed by atoms with Crippen LogP contribution in [-0.2, 0) is 6.42 Å². The zero-order valence-electron chi connectivity index (χ0n) is 11.0. The molecule has 0 saturated carbocycles. The molecule has 0 aliphatic carbocycles. The standard InChI is InChI=1S/C15H15F3N2/c1-2-19-15(14-4-3-11(16)9-20-14)7-10-5-12(17)8-13(18)6-10/h3-6,8-9,15,19H,2,7H2,1H3. The van der Waals surface area contributed by atoms with E-state index in [1.54, 1.807) is 6.07 Å². The lowest BCUT2D eigenvalue weighted by molar-refractivity contribution is 0.524. The van der Waals surface area contributed by atoms with E-state index in [-0.39, 0.29) is 6.04 Å². The number of aromatic nitrogens is 1. The number of halogens is 3. The first-order valence-electron chi connectivity index (χ1n) is 6.38. The molecule has 20 heavy (non-hydrogen) atoms. The number of benzene rings is 1. The Balaban J connectivity index is 2.22. The van der Waals surface area contributed by atoms with Crippen molar-refractivity contribution in [3.8, 4) is 0 Å². The van der Waals surface area contributed by atoms with E-state index in [0.717, 1.165) is 12.3 Å². The summed E-state index contributed by atoms with van der Waals surface area (Å²) >= 11 is 0. The Hall–Kier alpha value is -1.88. The second kappa shape index (κ2) is 6.52. The Morgan fingerprint density at radius 3 is 2.30 bits per heavy atom. The molecule has 0 aliphatic rings. The van der Waals surface area contributed by atoms with Crippen LogP contribution in [0.5, 0.6) is 0 Å². The molecule has 2 aromatic rings. The van der Waals surface area contributed by atoms with Crippen LogP contribution < -0.4 is 5.32 Å². The minimum Gasteiger partial charge on any atom is -0.309 e. The fourth-order valence-corrected chi connectivity index (χ4v) is 2.09. The molecule has 5 heteroatoms. The van der Waals surface area contributed by atoms with E-state index in [1.165, 1.54) is 18.2 Å². The fourth-order valence-electron chi connectivity index (χ4n) is 2.09. The minimum absolute atomic E-state index is 0.221. The highest BCUT2D eigenvalue weighted by Crippen LogP contribution is 2.18. The van der Waals surface area contributed by atoms with E-state index in [9.17, 15) is 13.2 Å². The molecule has 106 valence electrons. The van der Waals surface area contributed by atoms with Crippen LogP contribution >= 0.6 is 0 Å². The van der Waals surface area contributed by atoms with E-state index in [2.05, 4.69) is 10.3 Å². The summed E-state index contributed by atoms with van der Waals surface area (Å²) in [7, 11) is 0. The summed E-state index contributed by atoms with van der Waals surface area (Å²) in [6, 6.07) is 6.08. The summed E-state index contributed by atoms with van der Waals surface area (Å²) in [4.78, 5) is 4.01. The number of likely N-dealkylation sites (N-methyl/N-ethyl adjacent to an activating group) is 1. The lowest BCUT2D eigenvalue weighted by Gasteiger charge is -2.17. The maximum absolute atomic E-state index is 13.2. The van der Waals surface area contributed by atoms with Gasteiger partial charge in [-0.15, -0.1) is 0 Å². The fraction of sp³-hybridized carbons (Fsp3) is 0.267. The Morgan fingerprint density at radius 2 is 1.75 bits per heavy atom. The number of nitrogens with zero attached hydrogens (tertiary/aromatic N) is 1. The number of nitrogens with one attached hydrogen (secondary N) is 1. The van der Waals surface area contributed by atoms with Gasteiger partial charge in [0.2, 0.25) is 0 Å². The summed E-state index contributed by atoms with van der Waals surface area (Å²) < 4.78 is 39.3. The predicted octanol–water partition coefficient (Wildman–Crippen LogP) is 3.39. The first-order valence-corrected chi connectivity index (χ1v) is 6.38. The summed E-state index contributed by atoms with van der Waals surface area (Å²) in [6.45, 7) is 2.59. The molecule has 2 nitrogen and oxygen atoms in total. The predicted molar refractivity (Wildman–Crippen MR) is 70.7 cm³/mol. The van der Waals surface area contributed by atoms with Crippen LogP contribution in [0.25, 0.3) is 0 Å². The van der Waals surface area contributed by atoms with Gasteiger partial charge in [-0.25, -0.2) is 13.2 Å². The molecule has 1 aromatic heterocycles. The maximum Gasteiger partial charge on any atom is 0.141 e. The normalized spacial score (nSPS) is 12.4. The van der Waals surface area contributed by atoms with Crippen molar-refractivity contribution < 1.29 is 13.2 Å². The van der Waals surface area contributed by atoms with Crippen LogP contribution in [-0.4, -0.2) is 11.5 Å². The average Bonchev–Trinajstić information content (AvgIpc) is 2.38. The van der Waals surface area contributed by atoms with Crippen molar-refractivity contribution in [2.75, 3.05) is 6.54 Å². The molecule has 0 bridgehead atoms. The highest BCUT2D eigenvalue weighted by Gasteiger charge is 2.14. The van der Waals surface area contributed by atoms with E-state index < -0.39 is 17.5 Å². The molecule has 1 unspecified atom stereocenters. The molecule has 0 aliphatic heterocycles. The Kier molecular flexibility index (Phi) is 4.74. The summed E-state index contributed by atoms with van der Waals surface area (Å²) in [5.41, 5.74) is 1.16. The number of hydrogen-bond acceptors (Lipinski definition) is 2. The van der Waals surface area contributed by atoms with Gasteiger partial charge in [0.05, 0.1) is 17.9 Å². The monoisotopic (exact) mass is 280 g/mol. The third-order valence-electron chi connectivity index (χ3n) is 2.92. The van der Waals surface area contributed by atoms with Crippen LogP contribution in [0.3, 0.4) is 0 Å². The van der Waals surface area contributed by atoms with Crippen molar-refractivity contribution in [3.05, 3.63) is 65.2 Å². The Labute approximate surface area is 115 Å². The highest BCUT2D eigenvalue weighted by molar-refractivity contribution is 5.21. The average molecular weight is 280 g/mol. The van der Waals surface area contributed by atoms with Crippen molar-refractivity contribution in [3.63, 3.8) is 0 Å². The molecule has 0 saturated heterocycles. The first-order chi connectivity index (χ1) is 9.58. The van der Waals surface area contributed by atoms with Crippen molar-refractivity contribution in [1.82, 2.24) is 10.3 Å². The topological polar surface area (TPSA) is 24.9 Å². The highest BCUT2D eigenvalue weighted by atomic mass is 19.1. The van der Waals surface area contributed by atoms with E-state index in [4.69, 9.17) is 0 Å². The largest absolute Gasteiger partial charge is 0.309 e. The lowest BCUT2D eigenvalue weighted by Crippen LogP contribution is -2.24. The molecule has 1 heterocycles. The molecular formula is C15H15F3N2. The quantitative estimate of drug-likeness (QED) is 0.908. The number of pyridine rings is 1. The van der Waals surface area contributed by atoms with Gasteiger partial charge in [0, 0.05) is 6.07 Å². The molecule has 0 radical (unpaired) electrons. The van der Waals surface area contributed by atoms with E-state index >= 15 is 0 Å². The van der Waals surface area contributed by atoms with Crippen LogP contribution in [0.15, 0.2) is 36.5 Å². The molecule has 1 aromatic carbocycles. The molecular weight excluding hydrogens is 265 g/mol. The third-order valence-corrected chi connectivity index (χ3v) is 2.92. The molecule has 1 atom stereocenters. The van der Waals surface area contributed by atoms with Crippen molar-refractivity contribution >= 4 is 0 Å². The Morgan fingerprint density at radius 1 is 1.05 bits per heavy atom. The van der Waals surface area contributed by atoms with Gasteiger partial charge in [-0.3, -0.25) is 4.98 Å². The van der Waals surface area contributed by atoms with Gasteiger partial charge in [0.1, 0.15) is 17.5 Å². The molecule has 2 rings (SSSR count). The zero-order chi connectivity index (χ0) is 14.5. The van der Waals surface area contributed by atoms with E-state index in [0.29, 0.717) is 24.2 Å². The van der Waals surface area contributed by atoms with Gasteiger partial charge in [0.25, 0.3) is 0 Å². The van der Waals surface area contributed by atoms with Gasteiger partial charge >= 0.3 is 0 Å². The SMILES string of the molecule is CCNC(Cc1cc(F)cc(F)c1)c1ccc(F)cn1. The summed E-state index contributed by atoms with van der Waals surface area (Å²) in [6.07, 6.45) is 1.51. The van der Waals surface area contributed by atoms with Crippen molar-refractivity contribution in [2.24, 2.45) is 0 Å². The van der Waals surface area contributed by atoms with Crippen LogP contribution in [0.2, 0.25) is 0 Å². The molecule has 1 N–H and O–H groups in total. The lowest BCUT2D eigenvalue weighted by atomic mass is 10.0. The minimum atomic E-state index is -0.609. The van der Waals surface area contributed by atoms with Gasteiger partial charge in [0.15, 0.2) is 0 Å². The molecule has 0 amide bonds. The first kappa shape index (κ1) is 14.5. The number of hydrogen-bond donors (Lipinski definition) is 1. The van der Waals surface area contributed by atoms with Crippen LogP contribution in [0.1, 0.15) is 24.2 Å². The van der Waals surface area contributed by atoms with Gasteiger partial charge < -0.3 is 5.32 Å². The summed E-state index contributed by atoms with van der Waals surface area (Å²) in [5, 5.41) is 3.18. The van der Waals surface area contributed by atoms with E-state index in [1.807, 2.05) is 6.92 Å². The van der Waals surface area contributed by atoms with Gasteiger partial charge in [-0.1, -0.05) is 6.92 Å². The van der Waals surface area contributed by atoms with Gasteiger partial charge in [-0.2, -0.15) is 0 Å². The van der Waals surface area contributed by atoms with Crippen molar-refractivity contribution in [1.29, 1.82) is 0 Å². The van der Waals surface area contributed by atoms with Gasteiger partial charge in [-0.05, 0) is 42.8 Å². The Bertz CT molecular complexity index is 550. The molecule has 0 fully saturated rings. The summed E-state index contributed by atoms with van der Waals surface area (Å²) in [5.74, 6) is -1.63. The third kappa shape index (κ3) is 3.81. The maximum atomic E-state index is 13.2. The second-order valence-electron chi connectivity index (χ2n) is 4.49. The van der Waals surface area contributed by atoms with Crippen LogP contribution in [0, 0.1) is 17.5 Å². The molecule has 0 spiro atoms. The van der Waals surface area contributed by atoms with Crippen molar-refractivity contribution in [2.45, 2.75) is 19.4 Å². The smallest absolute Gasteiger partial charge is 0.141 e. The second-order valence-corrected chi connectivity index (χ2v) is 4.49. The number of rotatable bonds is 5. The van der Waals surface area contributed by atoms with Crippen LogP contribution in [0.4, 0.5) is 13.2 Å². The zero-order valence-corrected chi connectivity index (χ0v) is 11.0.